The molecule has 0 heterocycles. The van der Waals surface area contributed by atoms with Crippen LogP contribution in [0.15, 0.2) is 47.4 Å². The number of nitrogens with one attached hydrogen (secondary N) is 1. The number of amides is 1. The first-order valence-electron chi connectivity index (χ1n) is 5.88. The van der Waals surface area contributed by atoms with Crippen molar-refractivity contribution in [1.82, 2.24) is 5.43 Å². The highest BCUT2D eigenvalue weighted by Gasteiger charge is 2.06. The Morgan fingerprint density at radius 1 is 1.25 bits per heavy atom. The average molecular weight is 308 g/mol. The van der Waals surface area contributed by atoms with Crippen LogP contribution in [0, 0.1) is 0 Å². The summed E-state index contributed by atoms with van der Waals surface area (Å²) in [6.07, 6.45) is 0. The van der Waals surface area contributed by atoms with E-state index in [1.807, 2.05) is 18.2 Å². The van der Waals surface area contributed by atoms with Gasteiger partial charge in [-0.2, -0.15) is 0 Å². The quantitative estimate of drug-likeness (QED) is 0.267. The topological polar surface area (TPSA) is 81.1 Å². The van der Waals surface area contributed by atoms with Crippen LogP contribution in [0.3, 0.4) is 0 Å². The Kier molecular flexibility index (Phi) is 4.89. The predicted octanol–water partition coefficient (Wildman–Crippen LogP) is 2.82. The molecule has 0 spiro atoms. The predicted molar refractivity (Wildman–Crippen MR) is 83.5 cm³/mol. The van der Waals surface area contributed by atoms with Crippen LogP contribution in [-0.2, 0) is 5.75 Å². The average Bonchev–Trinajstić information content (AvgIpc) is 2.47. The van der Waals surface area contributed by atoms with Gasteiger partial charge in [-0.3, -0.25) is 10.2 Å². The van der Waals surface area contributed by atoms with Crippen molar-refractivity contribution in [3.63, 3.8) is 0 Å². The summed E-state index contributed by atoms with van der Waals surface area (Å²) in [5.74, 6) is 5.50. The monoisotopic (exact) mass is 307 g/mol. The Morgan fingerprint density at radius 3 is 2.80 bits per heavy atom. The SMILES string of the molecule is NNC(=O)c1cccc(CSc2cc(Cl)ccc2N)c1. The van der Waals surface area contributed by atoms with E-state index < -0.39 is 0 Å². The van der Waals surface area contributed by atoms with Gasteiger partial charge in [0.05, 0.1) is 0 Å². The van der Waals surface area contributed by atoms with E-state index in [1.165, 1.54) is 0 Å². The minimum atomic E-state index is -0.306. The molecule has 0 aliphatic heterocycles. The van der Waals surface area contributed by atoms with Gasteiger partial charge in [0, 0.05) is 26.9 Å². The summed E-state index contributed by atoms with van der Waals surface area (Å²) in [6.45, 7) is 0. The lowest BCUT2D eigenvalue weighted by Gasteiger charge is -2.07. The van der Waals surface area contributed by atoms with Crippen LogP contribution in [-0.4, -0.2) is 5.91 Å². The summed E-state index contributed by atoms with van der Waals surface area (Å²) in [6, 6.07) is 12.6. The van der Waals surface area contributed by atoms with Gasteiger partial charge in [-0.05, 0) is 35.9 Å². The molecule has 1 amide bonds. The number of carbonyl (C=O) groups is 1. The summed E-state index contributed by atoms with van der Waals surface area (Å²) in [5, 5.41) is 0.651. The molecule has 2 aromatic rings. The number of benzene rings is 2. The second-order valence-corrected chi connectivity index (χ2v) is 5.60. The molecule has 4 nitrogen and oxygen atoms in total. The second-order valence-electron chi connectivity index (χ2n) is 4.14. The third-order valence-corrected chi connectivity index (χ3v) is 4.07. The third kappa shape index (κ3) is 3.66. The van der Waals surface area contributed by atoms with Gasteiger partial charge in [0.25, 0.3) is 5.91 Å². The largest absolute Gasteiger partial charge is 0.398 e. The zero-order valence-electron chi connectivity index (χ0n) is 10.6. The number of thioether (sulfide) groups is 1. The second kappa shape index (κ2) is 6.65. The van der Waals surface area contributed by atoms with E-state index in [1.54, 1.807) is 36.0 Å². The molecule has 0 fully saturated rings. The number of hydrazine groups is 1. The van der Waals surface area contributed by atoms with E-state index in [4.69, 9.17) is 23.2 Å². The van der Waals surface area contributed by atoms with Crippen molar-refractivity contribution in [3.8, 4) is 0 Å². The number of carbonyl (C=O) groups excluding carboxylic acids is 1. The van der Waals surface area contributed by atoms with E-state index >= 15 is 0 Å². The van der Waals surface area contributed by atoms with E-state index in [0.717, 1.165) is 10.5 Å². The van der Waals surface area contributed by atoms with Gasteiger partial charge >= 0.3 is 0 Å². The number of anilines is 1. The molecule has 6 heteroatoms. The van der Waals surface area contributed by atoms with E-state index in [2.05, 4.69) is 5.43 Å². The van der Waals surface area contributed by atoms with Crippen LogP contribution in [0.1, 0.15) is 15.9 Å². The molecular weight excluding hydrogens is 294 g/mol. The number of nitrogen functional groups attached to an aromatic ring is 2. The maximum atomic E-state index is 11.5. The first-order chi connectivity index (χ1) is 9.60. The number of hydrogen-bond acceptors (Lipinski definition) is 4. The Bertz CT molecular complexity index is 634. The third-order valence-electron chi connectivity index (χ3n) is 2.69. The maximum Gasteiger partial charge on any atom is 0.265 e. The van der Waals surface area contributed by atoms with Crippen LogP contribution in [0.2, 0.25) is 5.02 Å². The van der Waals surface area contributed by atoms with Crippen molar-refractivity contribution in [1.29, 1.82) is 0 Å². The van der Waals surface area contributed by atoms with E-state index in [0.29, 0.717) is 22.0 Å². The van der Waals surface area contributed by atoms with E-state index in [9.17, 15) is 4.79 Å². The van der Waals surface area contributed by atoms with Crippen molar-refractivity contribution < 1.29 is 4.79 Å². The van der Waals surface area contributed by atoms with Gasteiger partial charge in [0.15, 0.2) is 0 Å². The smallest absolute Gasteiger partial charge is 0.265 e. The molecule has 0 saturated heterocycles. The Balaban J connectivity index is 2.11. The molecule has 0 atom stereocenters. The molecule has 20 heavy (non-hydrogen) atoms. The fourth-order valence-electron chi connectivity index (χ4n) is 1.68. The minimum absolute atomic E-state index is 0.306. The Hall–Kier alpha value is -1.69. The summed E-state index contributed by atoms with van der Waals surface area (Å²) in [5.41, 5.74) is 10.2. The van der Waals surface area contributed by atoms with Crippen molar-refractivity contribution in [3.05, 3.63) is 58.6 Å². The van der Waals surface area contributed by atoms with Gasteiger partial charge < -0.3 is 5.73 Å². The van der Waals surface area contributed by atoms with Gasteiger partial charge in [-0.1, -0.05) is 23.7 Å². The van der Waals surface area contributed by atoms with Crippen molar-refractivity contribution in [2.45, 2.75) is 10.6 Å². The summed E-state index contributed by atoms with van der Waals surface area (Å²) in [4.78, 5) is 12.4. The number of halogens is 1. The highest BCUT2D eigenvalue weighted by molar-refractivity contribution is 7.98. The van der Waals surface area contributed by atoms with Crippen molar-refractivity contribution >= 4 is 35.0 Å². The van der Waals surface area contributed by atoms with Gasteiger partial charge in [-0.25, -0.2) is 5.84 Å². The van der Waals surface area contributed by atoms with Crippen LogP contribution in [0.5, 0.6) is 0 Å². The summed E-state index contributed by atoms with van der Waals surface area (Å²) >= 11 is 7.52. The molecule has 0 aromatic heterocycles. The molecule has 2 rings (SSSR count). The molecule has 0 aliphatic carbocycles. The zero-order valence-corrected chi connectivity index (χ0v) is 12.2. The van der Waals surface area contributed by atoms with E-state index in [-0.39, 0.29) is 5.91 Å². The lowest BCUT2D eigenvalue weighted by atomic mass is 10.1. The molecule has 0 bridgehead atoms. The Labute approximate surface area is 126 Å². The fraction of sp³-hybridized carbons (Fsp3) is 0.0714. The normalized spacial score (nSPS) is 10.3. The van der Waals surface area contributed by atoms with Crippen molar-refractivity contribution in [2.75, 3.05) is 5.73 Å². The first kappa shape index (κ1) is 14.7. The lowest BCUT2D eigenvalue weighted by molar-refractivity contribution is 0.0953. The number of rotatable bonds is 4. The lowest BCUT2D eigenvalue weighted by Crippen LogP contribution is -2.29. The molecule has 0 unspecified atom stereocenters. The highest BCUT2D eigenvalue weighted by atomic mass is 35.5. The zero-order chi connectivity index (χ0) is 14.5. The highest BCUT2D eigenvalue weighted by Crippen LogP contribution is 2.30. The molecule has 104 valence electrons. The van der Waals surface area contributed by atoms with Gasteiger partial charge in [0.1, 0.15) is 0 Å². The van der Waals surface area contributed by atoms with Crippen LogP contribution in [0.4, 0.5) is 5.69 Å². The van der Waals surface area contributed by atoms with Crippen molar-refractivity contribution in [2.24, 2.45) is 5.84 Å². The van der Waals surface area contributed by atoms with Crippen LogP contribution in [0.25, 0.3) is 0 Å². The summed E-state index contributed by atoms with van der Waals surface area (Å²) < 4.78 is 0. The molecular formula is C14H14ClN3OS. The molecule has 0 aliphatic rings. The van der Waals surface area contributed by atoms with Crippen LogP contribution >= 0.6 is 23.4 Å². The fourth-order valence-corrected chi connectivity index (χ4v) is 2.86. The minimum Gasteiger partial charge on any atom is -0.398 e. The number of nitrogens with two attached hydrogens (primary N) is 2. The molecule has 0 saturated carbocycles. The Morgan fingerprint density at radius 2 is 2.05 bits per heavy atom. The van der Waals surface area contributed by atoms with Crippen LogP contribution < -0.4 is 17.0 Å². The molecule has 0 radical (unpaired) electrons. The summed E-state index contributed by atoms with van der Waals surface area (Å²) in [7, 11) is 0. The van der Waals surface area contributed by atoms with Gasteiger partial charge in [0.2, 0.25) is 0 Å². The molecule has 2 aromatic carbocycles. The standard InChI is InChI=1S/C14H14ClN3OS/c15-11-4-5-12(16)13(7-11)20-8-9-2-1-3-10(6-9)14(19)18-17/h1-7H,8,16-17H2,(H,18,19). The maximum absolute atomic E-state index is 11.5. The molecule has 5 N–H and O–H groups in total. The number of hydrogen-bond donors (Lipinski definition) is 3. The first-order valence-corrected chi connectivity index (χ1v) is 7.24. The van der Waals surface area contributed by atoms with Gasteiger partial charge in [-0.15, -0.1) is 11.8 Å².